The van der Waals surface area contributed by atoms with Crippen LogP contribution in [0.25, 0.3) is 0 Å². The van der Waals surface area contributed by atoms with Crippen molar-refractivity contribution in [3.63, 3.8) is 0 Å². The van der Waals surface area contributed by atoms with E-state index < -0.39 is 0 Å². The molecule has 4 nitrogen and oxygen atoms in total. The second-order valence-electron chi connectivity index (χ2n) is 6.15. The van der Waals surface area contributed by atoms with Crippen LogP contribution in [-0.4, -0.2) is 54.5 Å². The molecule has 0 aromatic carbocycles. The van der Waals surface area contributed by atoms with E-state index in [9.17, 15) is 4.79 Å². The van der Waals surface area contributed by atoms with Gasteiger partial charge in [0.15, 0.2) is 0 Å². The first-order chi connectivity index (χ1) is 8.97. The minimum atomic E-state index is 0.111. The van der Waals surface area contributed by atoms with E-state index in [1.165, 1.54) is 0 Å². The highest BCUT2D eigenvalue weighted by Crippen LogP contribution is 2.19. The lowest BCUT2D eigenvalue weighted by atomic mass is 10.0. The normalized spacial score (nSPS) is 21.9. The second kappa shape index (κ2) is 7.85. The van der Waals surface area contributed by atoms with Crippen molar-refractivity contribution in [3.8, 4) is 0 Å². The largest absolute Gasteiger partial charge is 0.344 e. The van der Waals surface area contributed by atoms with Crippen LogP contribution in [0.1, 0.15) is 46.5 Å². The van der Waals surface area contributed by atoms with Crippen LogP contribution in [-0.2, 0) is 4.79 Å². The predicted octanol–water partition coefficient (Wildman–Crippen LogP) is 1.69. The molecule has 1 saturated heterocycles. The Hall–Kier alpha value is -0.610. The zero-order valence-corrected chi connectivity index (χ0v) is 13.1. The lowest BCUT2D eigenvalue weighted by Crippen LogP contribution is -2.45. The number of rotatable bonds is 7. The Balaban J connectivity index is 2.43. The monoisotopic (exact) mass is 269 g/mol. The van der Waals surface area contributed by atoms with Gasteiger partial charge in [-0.25, -0.2) is 0 Å². The average Bonchev–Trinajstić information content (AvgIpc) is 2.83. The zero-order chi connectivity index (χ0) is 14.4. The van der Waals surface area contributed by atoms with Gasteiger partial charge in [-0.15, -0.1) is 0 Å². The maximum absolute atomic E-state index is 12.5. The summed E-state index contributed by atoms with van der Waals surface area (Å²) in [6.07, 6.45) is 4.17. The van der Waals surface area contributed by atoms with Gasteiger partial charge in [0.25, 0.3) is 0 Å². The van der Waals surface area contributed by atoms with Crippen molar-refractivity contribution in [2.45, 2.75) is 58.5 Å². The van der Waals surface area contributed by atoms with E-state index in [0.29, 0.717) is 5.92 Å². The van der Waals surface area contributed by atoms with Gasteiger partial charge in [-0.3, -0.25) is 9.69 Å². The lowest BCUT2D eigenvalue weighted by Gasteiger charge is -2.28. The van der Waals surface area contributed by atoms with Gasteiger partial charge >= 0.3 is 0 Å². The number of carbonyl (C=O) groups excluding carboxylic acids is 1. The van der Waals surface area contributed by atoms with Crippen molar-refractivity contribution in [1.29, 1.82) is 0 Å². The van der Waals surface area contributed by atoms with E-state index in [1.807, 2.05) is 11.9 Å². The third-order valence-corrected chi connectivity index (χ3v) is 4.19. The summed E-state index contributed by atoms with van der Waals surface area (Å²) in [7, 11) is 1.91. The van der Waals surface area contributed by atoms with Crippen molar-refractivity contribution in [2.24, 2.45) is 11.7 Å². The third kappa shape index (κ3) is 4.77. The van der Waals surface area contributed by atoms with E-state index in [2.05, 4.69) is 25.7 Å². The van der Waals surface area contributed by atoms with Crippen LogP contribution in [0, 0.1) is 5.92 Å². The molecule has 0 bridgehead atoms. The fourth-order valence-corrected chi connectivity index (χ4v) is 2.70. The smallest absolute Gasteiger partial charge is 0.239 e. The van der Waals surface area contributed by atoms with Crippen molar-refractivity contribution >= 4 is 5.91 Å². The topological polar surface area (TPSA) is 49.6 Å². The third-order valence-electron chi connectivity index (χ3n) is 4.19. The second-order valence-corrected chi connectivity index (χ2v) is 6.15. The summed E-state index contributed by atoms with van der Waals surface area (Å²) in [5.74, 6) is 0.758. The van der Waals surface area contributed by atoms with Crippen molar-refractivity contribution in [2.75, 3.05) is 26.7 Å². The molecule has 0 saturated carbocycles. The van der Waals surface area contributed by atoms with Gasteiger partial charge in [0, 0.05) is 19.6 Å². The molecule has 1 heterocycles. The molecule has 1 rings (SSSR count). The Morgan fingerprint density at radius 1 is 1.47 bits per heavy atom. The fraction of sp³-hybridized carbons (Fsp3) is 0.933. The quantitative estimate of drug-likeness (QED) is 0.765. The van der Waals surface area contributed by atoms with Crippen LogP contribution in [0.4, 0.5) is 0 Å². The summed E-state index contributed by atoms with van der Waals surface area (Å²) in [4.78, 5) is 16.7. The Kier molecular flexibility index (Phi) is 6.80. The Morgan fingerprint density at radius 3 is 2.74 bits per heavy atom. The highest BCUT2D eigenvalue weighted by Gasteiger charge is 2.31. The van der Waals surface area contributed by atoms with E-state index in [4.69, 9.17) is 5.73 Å². The first-order valence-electron chi connectivity index (χ1n) is 7.72. The zero-order valence-electron chi connectivity index (χ0n) is 13.1. The van der Waals surface area contributed by atoms with Gasteiger partial charge in [0.05, 0.1) is 6.04 Å². The molecule has 4 heteroatoms. The summed E-state index contributed by atoms with van der Waals surface area (Å²) in [6.45, 7) is 9.32. The molecule has 0 aromatic heterocycles. The molecule has 1 aliphatic heterocycles. The van der Waals surface area contributed by atoms with E-state index in [0.717, 1.165) is 45.3 Å². The first kappa shape index (κ1) is 16.4. The Morgan fingerprint density at radius 2 is 2.16 bits per heavy atom. The van der Waals surface area contributed by atoms with E-state index >= 15 is 0 Å². The van der Waals surface area contributed by atoms with Crippen LogP contribution in [0.2, 0.25) is 0 Å². The van der Waals surface area contributed by atoms with Crippen LogP contribution >= 0.6 is 0 Å². The molecule has 112 valence electrons. The SMILES string of the molecule is CCCN1CCCC1C(=O)N(C)CCC(N)C(C)C. The van der Waals surface area contributed by atoms with Crippen molar-refractivity contribution in [3.05, 3.63) is 0 Å². The first-order valence-corrected chi connectivity index (χ1v) is 7.72. The molecule has 0 aliphatic carbocycles. The standard InChI is InChI=1S/C15H31N3O/c1-5-9-18-10-6-7-14(18)15(19)17(4)11-8-13(16)12(2)3/h12-14H,5-11,16H2,1-4H3. The van der Waals surface area contributed by atoms with Crippen molar-refractivity contribution in [1.82, 2.24) is 9.80 Å². The van der Waals surface area contributed by atoms with Gasteiger partial charge in [-0.05, 0) is 44.7 Å². The summed E-state index contributed by atoms with van der Waals surface area (Å²) in [6, 6.07) is 0.297. The number of nitrogens with zero attached hydrogens (tertiary/aromatic N) is 2. The van der Waals surface area contributed by atoms with Gasteiger partial charge in [-0.1, -0.05) is 20.8 Å². The number of hydrogen-bond acceptors (Lipinski definition) is 3. The molecule has 2 N–H and O–H groups in total. The highest BCUT2D eigenvalue weighted by atomic mass is 16.2. The Bertz CT molecular complexity index is 281. The van der Waals surface area contributed by atoms with Crippen LogP contribution in [0.3, 0.4) is 0 Å². The van der Waals surface area contributed by atoms with Gasteiger partial charge in [0.1, 0.15) is 0 Å². The number of carbonyl (C=O) groups is 1. The van der Waals surface area contributed by atoms with Crippen LogP contribution in [0.5, 0.6) is 0 Å². The van der Waals surface area contributed by atoms with E-state index in [-0.39, 0.29) is 18.0 Å². The van der Waals surface area contributed by atoms with Gasteiger partial charge < -0.3 is 10.6 Å². The molecule has 1 fully saturated rings. The number of amides is 1. The highest BCUT2D eigenvalue weighted by molar-refractivity contribution is 5.81. The summed E-state index contributed by atoms with van der Waals surface area (Å²) < 4.78 is 0. The van der Waals surface area contributed by atoms with E-state index in [1.54, 1.807) is 0 Å². The number of nitrogens with two attached hydrogens (primary N) is 1. The fourth-order valence-electron chi connectivity index (χ4n) is 2.70. The maximum Gasteiger partial charge on any atom is 0.239 e. The number of likely N-dealkylation sites (N-methyl/N-ethyl adjacent to an activating group) is 1. The Labute approximate surface area is 118 Å². The average molecular weight is 269 g/mol. The summed E-state index contributed by atoms with van der Waals surface area (Å²) >= 11 is 0. The molecule has 0 spiro atoms. The number of hydrogen-bond donors (Lipinski definition) is 1. The molecular formula is C15H31N3O. The molecule has 1 amide bonds. The minimum Gasteiger partial charge on any atom is -0.344 e. The van der Waals surface area contributed by atoms with Crippen LogP contribution in [0.15, 0.2) is 0 Å². The molecule has 0 aromatic rings. The molecule has 0 radical (unpaired) electrons. The molecule has 2 atom stereocenters. The van der Waals surface area contributed by atoms with Crippen LogP contribution < -0.4 is 5.73 Å². The predicted molar refractivity (Wildman–Crippen MR) is 80.0 cm³/mol. The molecule has 2 unspecified atom stereocenters. The summed E-state index contributed by atoms with van der Waals surface area (Å²) in [5, 5.41) is 0. The summed E-state index contributed by atoms with van der Waals surface area (Å²) in [5.41, 5.74) is 6.04. The van der Waals surface area contributed by atoms with Gasteiger partial charge in [-0.2, -0.15) is 0 Å². The maximum atomic E-state index is 12.5. The number of likely N-dealkylation sites (tertiary alicyclic amines) is 1. The molecule has 1 aliphatic rings. The lowest BCUT2D eigenvalue weighted by molar-refractivity contribution is -0.134. The van der Waals surface area contributed by atoms with Crippen molar-refractivity contribution < 1.29 is 4.79 Å². The van der Waals surface area contributed by atoms with Gasteiger partial charge in [0.2, 0.25) is 5.91 Å². The molecular weight excluding hydrogens is 238 g/mol. The minimum absolute atomic E-state index is 0.111. The molecule has 19 heavy (non-hydrogen) atoms.